The number of hydrogen-bond donors (Lipinski definition) is 1. The number of benzene rings is 3. The third-order valence-corrected chi connectivity index (χ3v) is 7.62. The normalized spacial score (nSPS) is 14.4. The van der Waals surface area contributed by atoms with Gasteiger partial charge in [0.05, 0.1) is 16.4 Å². The van der Waals surface area contributed by atoms with E-state index >= 15 is 0 Å². The van der Waals surface area contributed by atoms with Crippen LogP contribution in [0.4, 0.5) is 5.82 Å². The summed E-state index contributed by atoms with van der Waals surface area (Å²) < 4.78 is 2.62. The van der Waals surface area contributed by atoms with Crippen molar-refractivity contribution in [3.8, 4) is 11.3 Å². The largest absolute Gasteiger partial charge is 0.367 e. The molecule has 1 amide bonds. The van der Waals surface area contributed by atoms with Gasteiger partial charge in [-0.25, -0.2) is 4.98 Å². The van der Waals surface area contributed by atoms with E-state index in [1.165, 1.54) is 0 Å². The van der Waals surface area contributed by atoms with Gasteiger partial charge in [-0.05, 0) is 51.7 Å². The maximum Gasteiger partial charge on any atom is 0.254 e. The molecule has 8 heteroatoms. The number of likely N-dealkylation sites (tertiary alicyclic amines) is 1. The highest BCUT2D eigenvalue weighted by Gasteiger charge is 2.25. The predicted molar refractivity (Wildman–Crippen MR) is 148 cm³/mol. The second-order valence-corrected chi connectivity index (χ2v) is 10.2. The van der Waals surface area contributed by atoms with Crippen molar-refractivity contribution in [2.45, 2.75) is 18.9 Å². The number of piperidine rings is 1. The second-order valence-electron chi connectivity index (χ2n) is 8.97. The lowest BCUT2D eigenvalue weighted by molar-refractivity contribution is 0.0720. The van der Waals surface area contributed by atoms with Gasteiger partial charge in [-0.15, -0.1) is 0 Å². The van der Waals surface area contributed by atoms with Crippen LogP contribution in [0.3, 0.4) is 0 Å². The molecular weight excluding hydrogens is 538 g/mol. The predicted octanol–water partition coefficient (Wildman–Crippen LogP) is 6.68. The third-order valence-electron chi connectivity index (χ3n) is 6.73. The Morgan fingerprint density at radius 1 is 1.00 bits per heavy atom. The van der Waals surface area contributed by atoms with E-state index in [1.807, 2.05) is 77.7 Å². The highest BCUT2D eigenvalue weighted by Crippen LogP contribution is 2.31. The Labute approximate surface area is 222 Å². The minimum atomic E-state index is 0.0913. The Bertz CT molecular complexity index is 1590. The topological polar surface area (TPSA) is 62.5 Å². The standard InChI is InChI=1S/C28H23BrClN5O/c29-23-17-31-35-26(16-25(33-27(23)35)22-9-3-4-11-24(22)30)32-19-12-14-34(15-13-19)28(36)21-10-5-7-18-6-1-2-8-20(18)21/h1-11,16-17,19,32H,12-15H2. The molecule has 1 saturated heterocycles. The summed E-state index contributed by atoms with van der Waals surface area (Å²) in [6.45, 7) is 1.38. The van der Waals surface area contributed by atoms with Gasteiger partial charge in [-0.2, -0.15) is 9.61 Å². The Morgan fingerprint density at radius 2 is 1.75 bits per heavy atom. The molecule has 0 radical (unpaired) electrons. The average molecular weight is 561 g/mol. The first-order chi connectivity index (χ1) is 17.6. The lowest BCUT2D eigenvalue weighted by Crippen LogP contribution is -2.42. The zero-order chi connectivity index (χ0) is 24.6. The quantitative estimate of drug-likeness (QED) is 0.266. The summed E-state index contributed by atoms with van der Waals surface area (Å²) in [4.78, 5) is 20.1. The Hall–Kier alpha value is -3.42. The number of aromatic nitrogens is 3. The van der Waals surface area contributed by atoms with E-state index in [4.69, 9.17) is 16.6 Å². The summed E-state index contributed by atoms with van der Waals surface area (Å²) in [5, 5.41) is 10.9. The third kappa shape index (κ3) is 4.22. The zero-order valence-electron chi connectivity index (χ0n) is 19.4. The maximum absolute atomic E-state index is 13.4. The van der Waals surface area contributed by atoms with Crippen molar-refractivity contribution in [2.75, 3.05) is 18.4 Å². The number of fused-ring (bicyclic) bond motifs is 2. The van der Waals surface area contributed by atoms with E-state index in [2.05, 4.69) is 26.3 Å². The van der Waals surface area contributed by atoms with Gasteiger partial charge in [-0.3, -0.25) is 4.79 Å². The molecule has 6 rings (SSSR count). The molecule has 3 aromatic carbocycles. The Morgan fingerprint density at radius 3 is 2.58 bits per heavy atom. The van der Waals surface area contributed by atoms with Gasteiger partial charge in [0, 0.05) is 41.3 Å². The molecule has 1 aliphatic rings. The lowest BCUT2D eigenvalue weighted by Gasteiger charge is -2.33. The monoisotopic (exact) mass is 559 g/mol. The molecule has 0 saturated carbocycles. The first kappa shape index (κ1) is 23.0. The second kappa shape index (κ2) is 9.56. The number of halogens is 2. The SMILES string of the molecule is O=C(c1cccc2ccccc12)N1CCC(Nc2cc(-c3ccccc3Cl)nc3c(Br)cnn23)CC1. The number of carbonyl (C=O) groups is 1. The lowest BCUT2D eigenvalue weighted by atomic mass is 10.0. The molecule has 6 nitrogen and oxygen atoms in total. The summed E-state index contributed by atoms with van der Waals surface area (Å²) in [5.41, 5.74) is 3.13. The molecule has 0 bridgehead atoms. The van der Waals surface area contributed by atoms with Crippen molar-refractivity contribution >= 4 is 55.7 Å². The first-order valence-electron chi connectivity index (χ1n) is 11.9. The molecule has 36 heavy (non-hydrogen) atoms. The molecule has 5 aromatic rings. The molecular formula is C28H23BrClN5O. The summed E-state index contributed by atoms with van der Waals surface area (Å²) in [6, 6.07) is 23.8. The van der Waals surface area contributed by atoms with Crippen LogP contribution in [0.5, 0.6) is 0 Å². The molecule has 1 N–H and O–H groups in total. The molecule has 1 aliphatic heterocycles. The molecule has 0 aliphatic carbocycles. The first-order valence-corrected chi connectivity index (χ1v) is 13.1. The van der Waals surface area contributed by atoms with Crippen LogP contribution in [-0.4, -0.2) is 44.5 Å². The number of anilines is 1. The van der Waals surface area contributed by atoms with E-state index in [9.17, 15) is 4.79 Å². The molecule has 180 valence electrons. The number of carbonyl (C=O) groups excluding carboxylic acids is 1. The minimum Gasteiger partial charge on any atom is -0.367 e. The van der Waals surface area contributed by atoms with Crippen molar-refractivity contribution in [1.82, 2.24) is 19.5 Å². The molecule has 0 spiro atoms. The molecule has 0 unspecified atom stereocenters. The van der Waals surface area contributed by atoms with Gasteiger partial charge in [-0.1, -0.05) is 66.2 Å². The number of hydrogen-bond acceptors (Lipinski definition) is 4. The summed E-state index contributed by atoms with van der Waals surface area (Å²) in [7, 11) is 0. The fraction of sp³-hybridized carbons (Fsp3) is 0.179. The molecule has 1 fully saturated rings. The molecule has 2 aromatic heterocycles. The van der Waals surface area contributed by atoms with Crippen LogP contribution in [0.15, 0.2) is 83.5 Å². The fourth-order valence-electron chi connectivity index (χ4n) is 4.86. The minimum absolute atomic E-state index is 0.0913. The van der Waals surface area contributed by atoms with Crippen LogP contribution in [0.1, 0.15) is 23.2 Å². The van der Waals surface area contributed by atoms with Crippen LogP contribution < -0.4 is 5.32 Å². The van der Waals surface area contributed by atoms with E-state index < -0.39 is 0 Å². The highest BCUT2D eigenvalue weighted by atomic mass is 79.9. The van der Waals surface area contributed by atoms with Crippen LogP contribution in [-0.2, 0) is 0 Å². The molecule has 3 heterocycles. The van der Waals surface area contributed by atoms with Gasteiger partial charge in [0.2, 0.25) is 0 Å². The van der Waals surface area contributed by atoms with Crippen molar-refractivity contribution in [3.05, 3.63) is 94.1 Å². The Balaban J connectivity index is 1.22. The van der Waals surface area contributed by atoms with Gasteiger partial charge >= 0.3 is 0 Å². The van der Waals surface area contributed by atoms with Gasteiger partial charge in [0.1, 0.15) is 5.82 Å². The van der Waals surface area contributed by atoms with Crippen LogP contribution >= 0.6 is 27.5 Å². The summed E-state index contributed by atoms with van der Waals surface area (Å²) in [6.07, 6.45) is 3.42. The van der Waals surface area contributed by atoms with E-state index in [0.29, 0.717) is 18.1 Å². The van der Waals surface area contributed by atoms with Crippen molar-refractivity contribution in [1.29, 1.82) is 0 Å². The number of nitrogens with one attached hydrogen (secondary N) is 1. The van der Waals surface area contributed by atoms with Gasteiger partial charge < -0.3 is 10.2 Å². The number of amides is 1. The van der Waals surface area contributed by atoms with Crippen LogP contribution in [0.2, 0.25) is 5.02 Å². The Kier molecular flexibility index (Phi) is 6.11. The average Bonchev–Trinajstić information content (AvgIpc) is 3.29. The van der Waals surface area contributed by atoms with Crippen LogP contribution in [0.25, 0.3) is 27.7 Å². The van der Waals surface area contributed by atoms with Crippen molar-refractivity contribution in [3.63, 3.8) is 0 Å². The fourth-order valence-corrected chi connectivity index (χ4v) is 5.44. The van der Waals surface area contributed by atoms with E-state index in [-0.39, 0.29) is 11.9 Å². The van der Waals surface area contributed by atoms with Crippen molar-refractivity contribution in [2.24, 2.45) is 0 Å². The zero-order valence-corrected chi connectivity index (χ0v) is 21.7. The number of rotatable bonds is 4. The van der Waals surface area contributed by atoms with Crippen LogP contribution in [0, 0.1) is 0 Å². The van der Waals surface area contributed by atoms with Gasteiger partial charge in [0.15, 0.2) is 5.65 Å². The highest BCUT2D eigenvalue weighted by molar-refractivity contribution is 9.10. The van der Waals surface area contributed by atoms with E-state index in [1.54, 1.807) is 10.7 Å². The number of nitrogens with zero attached hydrogens (tertiary/aromatic N) is 4. The maximum atomic E-state index is 13.4. The van der Waals surface area contributed by atoms with E-state index in [0.717, 1.165) is 56.4 Å². The smallest absolute Gasteiger partial charge is 0.254 e. The summed E-state index contributed by atoms with van der Waals surface area (Å²) in [5.74, 6) is 0.938. The van der Waals surface area contributed by atoms with Crippen molar-refractivity contribution < 1.29 is 4.79 Å². The summed E-state index contributed by atoms with van der Waals surface area (Å²) >= 11 is 10.0. The molecule has 0 atom stereocenters. The van der Waals surface area contributed by atoms with Gasteiger partial charge in [0.25, 0.3) is 5.91 Å².